The highest BCUT2D eigenvalue weighted by Crippen LogP contribution is 2.18. The number of furan rings is 1. The third-order valence-corrected chi connectivity index (χ3v) is 3.75. The van der Waals surface area contributed by atoms with E-state index < -0.39 is 5.97 Å². The monoisotopic (exact) mass is 305 g/mol. The molecule has 2 aromatic rings. The number of carbonyl (C=O) groups excluding carboxylic acids is 1. The van der Waals surface area contributed by atoms with Gasteiger partial charge in [0.05, 0.1) is 12.8 Å². The molecule has 2 N–H and O–H groups in total. The first-order chi connectivity index (χ1) is 10.1. The van der Waals surface area contributed by atoms with Crippen molar-refractivity contribution in [3.8, 4) is 0 Å². The zero-order valence-corrected chi connectivity index (χ0v) is 12.1. The molecule has 0 spiro atoms. The van der Waals surface area contributed by atoms with Gasteiger partial charge in [-0.15, -0.1) is 11.3 Å². The number of thiophene rings is 1. The summed E-state index contributed by atoms with van der Waals surface area (Å²) in [5.74, 6) is -0.269. The van der Waals surface area contributed by atoms with E-state index in [1.165, 1.54) is 17.4 Å². The molecule has 21 heavy (non-hydrogen) atoms. The normalized spacial score (nSPS) is 10.9. The van der Waals surface area contributed by atoms with E-state index in [9.17, 15) is 9.59 Å². The van der Waals surface area contributed by atoms with Gasteiger partial charge in [-0.05, 0) is 35.2 Å². The highest BCUT2D eigenvalue weighted by molar-refractivity contribution is 7.10. The highest BCUT2D eigenvalue weighted by atomic mass is 32.1. The average molecular weight is 305 g/mol. The van der Waals surface area contributed by atoms with E-state index in [-0.39, 0.29) is 5.91 Å². The quantitative estimate of drug-likeness (QED) is 0.771. The minimum absolute atomic E-state index is 0.0621. The van der Waals surface area contributed by atoms with Crippen molar-refractivity contribution >= 4 is 29.3 Å². The van der Waals surface area contributed by atoms with Crippen LogP contribution in [0.1, 0.15) is 22.6 Å². The van der Waals surface area contributed by atoms with Gasteiger partial charge in [0.2, 0.25) is 5.91 Å². The van der Waals surface area contributed by atoms with Crippen molar-refractivity contribution in [1.29, 1.82) is 0 Å². The molecule has 2 heterocycles. The maximum atomic E-state index is 11.8. The fourth-order valence-corrected chi connectivity index (χ4v) is 2.57. The van der Waals surface area contributed by atoms with Gasteiger partial charge in [-0.25, -0.2) is 4.79 Å². The minimum Gasteiger partial charge on any atom is -0.478 e. The van der Waals surface area contributed by atoms with Gasteiger partial charge in [-0.3, -0.25) is 4.79 Å². The van der Waals surface area contributed by atoms with E-state index in [0.29, 0.717) is 19.4 Å². The maximum absolute atomic E-state index is 11.8. The first-order valence-electron chi connectivity index (χ1n) is 6.41. The maximum Gasteiger partial charge on any atom is 0.328 e. The molecule has 0 saturated heterocycles. The second-order valence-electron chi connectivity index (χ2n) is 4.33. The van der Waals surface area contributed by atoms with E-state index in [2.05, 4.69) is 5.32 Å². The Bertz CT molecular complexity index is 628. The van der Waals surface area contributed by atoms with E-state index in [4.69, 9.17) is 9.52 Å². The van der Waals surface area contributed by atoms with Gasteiger partial charge < -0.3 is 14.8 Å². The molecule has 0 aliphatic heterocycles. The van der Waals surface area contributed by atoms with Crippen LogP contribution in [-0.4, -0.2) is 17.0 Å². The molecule has 0 saturated carbocycles. The molecule has 110 valence electrons. The number of carboxylic acid groups (broad SMARTS) is 1. The van der Waals surface area contributed by atoms with Crippen molar-refractivity contribution in [2.45, 2.75) is 19.4 Å². The lowest BCUT2D eigenvalue weighted by Gasteiger charge is -2.04. The zero-order chi connectivity index (χ0) is 15.1. The van der Waals surface area contributed by atoms with Crippen LogP contribution in [0.5, 0.6) is 0 Å². The van der Waals surface area contributed by atoms with Gasteiger partial charge >= 0.3 is 5.97 Å². The summed E-state index contributed by atoms with van der Waals surface area (Å²) < 4.78 is 5.17. The molecule has 0 aromatic carbocycles. The Balaban J connectivity index is 1.81. The van der Waals surface area contributed by atoms with Crippen molar-refractivity contribution in [3.05, 3.63) is 52.1 Å². The Morgan fingerprint density at radius 1 is 1.38 bits per heavy atom. The number of hydrogen-bond donors (Lipinski definition) is 2. The summed E-state index contributed by atoms with van der Waals surface area (Å²) in [4.78, 5) is 23.2. The largest absolute Gasteiger partial charge is 0.478 e. The fraction of sp³-hybridized carbons (Fsp3) is 0.200. The molecular weight excluding hydrogens is 290 g/mol. The van der Waals surface area contributed by atoms with Crippen LogP contribution in [0.3, 0.4) is 0 Å². The number of aliphatic carboxylic acids is 1. The van der Waals surface area contributed by atoms with E-state index in [1.54, 1.807) is 12.3 Å². The summed E-state index contributed by atoms with van der Waals surface area (Å²) >= 11 is 1.48. The van der Waals surface area contributed by atoms with Crippen LogP contribution in [0.4, 0.5) is 0 Å². The van der Waals surface area contributed by atoms with Gasteiger partial charge in [-0.1, -0.05) is 0 Å². The molecule has 0 bridgehead atoms. The summed E-state index contributed by atoms with van der Waals surface area (Å²) in [5, 5.41) is 13.3. The Hall–Kier alpha value is -2.34. The molecule has 6 heteroatoms. The fourth-order valence-electron chi connectivity index (χ4n) is 1.76. The van der Waals surface area contributed by atoms with Crippen LogP contribution >= 0.6 is 11.3 Å². The molecule has 5 nitrogen and oxygen atoms in total. The van der Waals surface area contributed by atoms with E-state index in [0.717, 1.165) is 22.3 Å². The first-order valence-corrected chi connectivity index (χ1v) is 7.29. The molecule has 2 aromatic heterocycles. The standard InChI is InChI=1S/C15H15NO4S/c17-14(5-4-12-2-1-8-20-12)16-10-13-11(7-9-21-13)3-6-15(18)19/h1-3,6-9H,4-5,10H2,(H,16,17)(H,18,19)/b6-3+. The zero-order valence-electron chi connectivity index (χ0n) is 11.2. The highest BCUT2D eigenvalue weighted by Gasteiger charge is 2.06. The Morgan fingerprint density at radius 2 is 2.24 bits per heavy atom. The SMILES string of the molecule is O=C(O)/C=C/c1ccsc1CNC(=O)CCc1ccco1. The number of carbonyl (C=O) groups is 2. The Morgan fingerprint density at radius 3 is 2.95 bits per heavy atom. The molecule has 0 aliphatic carbocycles. The van der Waals surface area contributed by atoms with Gasteiger partial charge in [-0.2, -0.15) is 0 Å². The molecule has 1 amide bonds. The first kappa shape index (κ1) is 15.1. The van der Waals surface area contributed by atoms with Crippen LogP contribution in [-0.2, 0) is 22.6 Å². The van der Waals surface area contributed by atoms with E-state index in [1.807, 2.05) is 17.5 Å². The topological polar surface area (TPSA) is 79.5 Å². The number of rotatable bonds is 7. The van der Waals surface area contributed by atoms with Crippen LogP contribution in [0.2, 0.25) is 0 Å². The van der Waals surface area contributed by atoms with Gasteiger partial charge in [0, 0.05) is 23.8 Å². The molecular formula is C15H15NO4S. The summed E-state index contributed by atoms with van der Waals surface area (Å²) in [6, 6.07) is 5.45. The predicted molar refractivity (Wildman–Crippen MR) is 79.9 cm³/mol. The minimum atomic E-state index is -0.991. The second-order valence-corrected chi connectivity index (χ2v) is 5.33. The predicted octanol–water partition coefficient (Wildman–Crippen LogP) is 2.69. The smallest absolute Gasteiger partial charge is 0.328 e. The average Bonchev–Trinajstić information content (AvgIpc) is 3.11. The lowest BCUT2D eigenvalue weighted by atomic mass is 10.2. The van der Waals surface area contributed by atoms with Crippen molar-refractivity contribution in [2.24, 2.45) is 0 Å². The van der Waals surface area contributed by atoms with Crippen molar-refractivity contribution < 1.29 is 19.1 Å². The lowest BCUT2D eigenvalue weighted by Crippen LogP contribution is -2.22. The van der Waals surface area contributed by atoms with Crippen LogP contribution in [0.15, 0.2) is 40.3 Å². The molecule has 0 atom stereocenters. The summed E-state index contributed by atoms with van der Waals surface area (Å²) in [6.45, 7) is 0.397. The lowest BCUT2D eigenvalue weighted by molar-refractivity contribution is -0.131. The molecule has 0 fully saturated rings. The second kappa shape index (κ2) is 7.44. The van der Waals surface area contributed by atoms with Crippen LogP contribution in [0, 0.1) is 0 Å². The van der Waals surface area contributed by atoms with Crippen molar-refractivity contribution in [1.82, 2.24) is 5.32 Å². The third-order valence-electron chi connectivity index (χ3n) is 2.81. The third kappa shape index (κ3) is 4.92. The Kier molecular flexibility index (Phi) is 5.34. The number of carboxylic acids is 1. The molecule has 0 aliphatic rings. The molecule has 0 radical (unpaired) electrons. The summed E-state index contributed by atoms with van der Waals surface area (Å²) in [5.41, 5.74) is 0.814. The van der Waals surface area contributed by atoms with Crippen LogP contribution in [0.25, 0.3) is 6.08 Å². The van der Waals surface area contributed by atoms with Gasteiger partial charge in [0.25, 0.3) is 0 Å². The van der Waals surface area contributed by atoms with Crippen molar-refractivity contribution in [3.63, 3.8) is 0 Å². The molecule has 0 unspecified atom stereocenters. The van der Waals surface area contributed by atoms with E-state index >= 15 is 0 Å². The van der Waals surface area contributed by atoms with Gasteiger partial charge in [0.15, 0.2) is 0 Å². The van der Waals surface area contributed by atoms with Gasteiger partial charge in [0.1, 0.15) is 5.76 Å². The van der Waals surface area contributed by atoms with Crippen LogP contribution < -0.4 is 5.32 Å². The summed E-state index contributed by atoms with van der Waals surface area (Å²) in [6.07, 6.45) is 5.13. The van der Waals surface area contributed by atoms with Crippen molar-refractivity contribution in [2.75, 3.05) is 0 Å². The summed E-state index contributed by atoms with van der Waals surface area (Å²) in [7, 11) is 0. The number of nitrogens with one attached hydrogen (secondary N) is 1. The number of hydrogen-bond acceptors (Lipinski definition) is 4. The molecule has 2 rings (SSSR count). The number of aryl methyl sites for hydroxylation is 1. The Labute approximate surface area is 125 Å². The number of amides is 1.